The van der Waals surface area contributed by atoms with Gasteiger partial charge in [0.15, 0.2) is 23.0 Å². The maximum Gasteiger partial charge on any atom is 0.336 e. The number of amides is 2. The zero-order valence-corrected chi connectivity index (χ0v) is 34.7. The first kappa shape index (κ1) is 39.7. The predicted molar refractivity (Wildman–Crippen MR) is 225 cm³/mol. The fourth-order valence-corrected chi connectivity index (χ4v) is 8.71. The van der Waals surface area contributed by atoms with Crippen LogP contribution < -0.4 is 39.1 Å². The highest BCUT2D eigenvalue weighted by Gasteiger charge is 2.29. The molecule has 2 amide bonds. The molecule has 0 fully saturated rings. The van der Waals surface area contributed by atoms with Crippen molar-refractivity contribution in [3.8, 4) is 34.5 Å². The molecule has 0 spiro atoms. The molecule has 7 aromatic carbocycles. The van der Waals surface area contributed by atoms with E-state index in [2.05, 4.69) is 42.5 Å². The van der Waals surface area contributed by atoms with Crippen molar-refractivity contribution >= 4 is 110 Å². The van der Waals surface area contributed by atoms with Gasteiger partial charge in [-0.1, -0.05) is 44.0 Å². The van der Waals surface area contributed by atoms with Gasteiger partial charge in [-0.2, -0.15) is 0 Å². The van der Waals surface area contributed by atoms with E-state index >= 15 is 0 Å². The van der Waals surface area contributed by atoms with E-state index in [9.17, 15) is 29.4 Å². The molecule has 4 N–H and O–H groups in total. The summed E-state index contributed by atoms with van der Waals surface area (Å²) in [5, 5.41) is 29.3. The van der Waals surface area contributed by atoms with Crippen LogP contribution in [0.4, 0.5) is 11.4 Å². The van der Waals surface area contributed by atoms with Crippen LogP contribution in [0.1, 0.15) is 41.4 Å². The second kappa shape index (κ2) is 15.4. The molecule has 58 heavy (non-hydrogen) atoms. The number of halogens is 2. The Morgan fingerprint density at radius 3 is 1.19 bits per heavy atom. The van der Waals surface area contributed by atoms with Crippen molar-refractivity contribution in [3.63, 3.8) is 0 Å². The number of carbonyl (C=O) groups excluding carboxylic acids is 2. The molecule has 7 rings (SSSR count). The number of ether oxygens (including phenoxy) is 6. The average Bonchev–Trinajstić information content (AvgIpc) is 3.21. The van der Waals surface area contributed by atoms with Crippen molar-refractivity contribution in [2.45, 2.75) is 0 Å². The monoisotopic (exact) mass is 914 g/mol. The summed E-state index contributed by atoms with van der Waals surface area (Å²) in [6.07, 6.45) is 0. The first-order chi connectivity index (χ1) is 27.8. The van der Waals surface area contributed by atoms with Gasteiger partial charge in [-0.25, -0.2) is 9.59 Å². The largest absolute Gasteiger partial charge is 0.493 e. The molecule has 296 valence electrons. The van der Waals surface area contributed by atoms with E-state index in [0.29, 0.717) is 75.6 Å². The molecular formula is C42H32Br2N2O12. The summed E-state index contributed by atoms with van der Waals surface area (Å²) >= 11 is 7.26. The highest BCUT2D eigenvalue weighted by molar-refractivity contribution is 9.11. The van der Waals surface area contributed by atoms with E-state index in [1.807, 2.05) is 0 Å². The molecule has 0 unspecified atom stereocenters. The maximum absolute atomic E-state index is 14.6. The highest BCUT2D eigenvalue weighted by Crippen LogP contribution is 2.49. The lowest BCUT2D eigenvalue weighted by Crippen LogP contribution is -2.17. The maximum atomic E-state index is 14.6. The normalized spacial score (nSPS) is 11.2. The number of methoxy groups -OCH3 is 6. The fourth-order valence-electron chi connectivity index (χ4n) is 7.43. The fraction of sp³-hybridized carbons (Fsp3) is 0.143. The molecule has 0 radical (unpaired) electrons. The second-order valence-corrected chi connectivity index (χ2v) is 14.4. The molecule has 0 saturated heterocycles. The molecule has 0 aliphatic heterocycles. The highest BCUT2D eigenvalue weighted by atomic mass is 79.9. The third-order valence-corrected chi connectivity index (χ3v) is 11.1. The molecule has 7 aromatic rings. The smallest absolute Gasteiger partial charge is 0.336 e. The Labute approximate surface area is 346 Å². The second-order valence-electron chi connectivity index (χ2n) is 12.7. The number of hydrogen-bond donors (Lipinski definition) is 4. The van der Waals surface area contributed by atoms with Crippen molar-refractivity contribution in [3.05, 3.63) is 91.9 Å². The van der Waals surface area contributed by atoms with Gasteiger partial charge in [-0.05, 0) is 35.0 Å². The molecule has 0 atom stereocenters. The standard InChI is InChI=1S/C42H32Br2N2O12/c1-53-27-11-17(12-28(54-2)37(27)57-5)45-39(47)21-9-7-19-34-26(44)16-24(42(51)52)32-22(41(49)50)10-8-20(36(32)34)33-25(43)15-23(31(21)35(19)33)40(48)46-18-13-29(55-3)38(58-6)30(14-18)56-4/h7-16H,1-6H3,(H,45,47)(H,46,48)(H,49,50)(H,51,52). The van der Waals surface area contributed by atoms with Crippen molar-refractivity contribution in [1.82, 2.24) is 0 Å². The van der Waals surface area contributed by atoms with Gasteiger partial charge in [0.05, 0.1) is 53.8 Å². The summed E-state index contributed by atoms with van der Waals surface area (Å²) in [5.74, 6) is -2.06. The van der Waals surface area contributed by atoms with E-state index in [1.54, 1.807) is 48.5 Å². The van der Waals surface area contributed by atoms with Gasteiger partial charge >= 0.3 is 11.9 Å². The lowest BCUT2D eigenvalue weighted by molar-refractivity contribution is 0.0695. The molecule has 16 heteroatoms. The molecule has 0 bridgehead atoms. The van der Waals surface area contributed by atoms with Crippen LogP contribution in [-0.4, -0.2) is 76.6 Å². The molecule has 0 heterocycles. The van der Waals surface area contributed by atoms with Crippen molar-refractivity contribution in [2.24, 2.45) is 0 Å². The first-order valence-electron chi connectivity index (χ1n) is 17.1. The Balaban J connectivity index is 1.56. The average molecular weight is 917 g/mol. The summed E-state index contributed by atoms with van der Waals surface area (Å²) in [7, 11) is 8.69. The van der Waals surface area contributed by atoms with Gasteiger partial charge in [0.1, 0.15) is 0 Å². The number of hydrogen-bond acceptors (Lipinski definition) is 10. The molecule has 0 aliphatic carbocycles. The first-order valence-corrected chi connectivity index (χ1v) is 18.7. The summed E-state index contributed by atoms with van der Waals surface area (Å²) in [6, 6.07) is 15.3. The number of carboxylic acids is 2. The van der Waals surface area contributed by atoms with Crippen LogP contribution in [0.2, 0.25) is 0 Å². The summed E-state index contributed by atoms with van der Waals surface area (Å²) in [5.41, 5.74) is 0.337. The zero-order chi connectivity index (χ0) is 41.7. The molecule has 0 saturated carbocycles. The number of benzene rings is 7. The van der Waals surface area contributed by atoms with Gasteiger partial charge in [0.25, 0.3) is 11.8 Å². The van der Waals surface area contributed by atoms with E-state index < -0.39 is 23.8 Å². The van der Waals surface area contributed by atoms with Crippen LogP contribution in [0, 0.1) is 0 Å². The molecule has 14 nitrogen and oxygen atoms in total. The lowest BCUT2D eigenvalue weighted by atomic mass is 9.84. The van der Waals surface area contributed by atoms with Crippen LogP contribution in [0.5, 0.6) is 34.5 Å². The van der Waals surface area contributed by atoms with Gasteiger partial charge in [0, 0.05) is 88.0 Å². The number of carbonyl (C=O) groups is 4. The topological polar surface area (TPSA) is 188 Å². The van der Waals surface area contributed by atoms with Crippen LogP contribution in [0.25, 0.3) is 43.1 Å². The zero-order valence-electron chi connectivity index (χ0n) is 31.5. The summed E-state index contributed by atoms with van der Waals surface area (Å²) in [6.45, 7) is 0. The number of aromatic carboxylic acids is 2. The van der Waals surface area contributed by atoms with Crippen LogP contribution in [-0.2, 0) is 0 Å². The minimum atomic E-state index is -1.32. The van der Waals surface area contributed by atoms with Gasteiger partial charge in [0.2, 0.25) is 11.5 Å². The summed E-state index contributed by atoms with van der Waals surface area (Å²) < 4.78 is 33.7. The lowest BCUT2D eigenvalue weighted by Gasteiger charge is -2.22. The van der Waals surface area contributed by atoms with Gasteiger partial charge in [-0.15, -0.1) is 0 Å². The van der Waals surface area contributed by atoms with E-state index in [1.165, 1.54) is 54.8 Å². The van der Waals surface area contributed by atoms with E-state index in [-0.39, 0.29) is 44.5 Å². The number of anilines is 2. The minimum Gasteiger partial charge on any atom is -0.493 e. The Kier molecular flexibility index (Phi) is 10.6. The third kappa shape index (κ3) is 6.34. The SMILES string of the molecule is COc1cc(NC(=O)c2ccc3c4c(Br)cc(C(=O)O)c5c(C(=O)O)ccc(c6c(Br)cc(C(=O)Nc7cc(OC)c(OC)c(OC)c7)c2c36)c54)cc(OC)c1OC. The number of carboxylic acid groups (broad SMARTS) is 2. The summed E-state index contributed by atoms with van der Waals surface area (Å²) in [4.78, 5) is 54.3. The Morgan fingerprint density at radius 2 is 0.810 bits per heavy atom. The predicted octanol–water partition coefficient (Wildman–Crippen LogP) is 9.21. The number of fused-ring (bicyclic) bond motifs is 2. The Bertz CT molecular complexity index is 2840. The van der Waals surface area contributed by atoms with E-state index in [0.717, 1.165) is 0 Å². The van der Waals surface area contributed by atoms with Crippen molar-refractivity contribution < 1.29 is 57.8 Å². The van der Waals surface area contributed by atoms with E-state index in [4.69, 9.17) is 28.4 Å². The van der Waals surface area contributed by atoms with Crippen LogP contribution in [0.3, 0.4) is 0 Å². The number of nitrogens with one attached hydrogen (secondary N) is 2. The Morgan fingerprint density at radius 1 is 0.448 bits per heavy atom. The molecule has 0 aliphatic rings. The minimum absolute atomic E-state index is 0.0230. The van der Waals surface area contributed by atoms with Crippen LogP contribution >= 0.6 is 31.9 Å². The van der Waals surface area contributed by atoms with Crippen molar-refractivity contribution in [2.75, 3.05) is 53.3 Å². The molecule has 0 aromatic heterocycles. The molecular weight excluding hydrogens is 884 g/mol. The quantitative estimate of drug-likeness (QED) is 0.0673. The van der Waals surface area contributed by atoms with Gasteiger partial charge in [-0.3, -0.25) is 9.59 Å². The van der Waals surface area contributed by atoms with Gasteiger partial charge < -0.3 is 49.3 Å². The van der Waals surface area contributed by atoms with Crippen molar-refractivity contribution in [1.29, 1.82) is 0 Å². The van der Waals surface area contributed by atoms with Crippen LogP contribution in [0.15, 0.2) is 69.6 Å². The number of rotatable bonds is 12. The Hall–Kier alpha value is -6.52. The third-order valence-electron chi connectivity index (χ3n) is 9.80.